The van der Waals surface area contributed by atoms with Crippen LogP contribution >= 0.6 is 34.8 Å². The fourth-order valence-electron chi connectivity index (χ4n) is 4.12. The van der Waals surface area contributed by atoms with Gasteiger partial charge in [-0.05, 0) is 54.3 Å². The number of aliphatic hydroxyl groups excluding tert-OH is 1. The molecule has 0 aliphatic heterocycles. The molecule has 36 heavy (non-hydrogen) atoms. The lowest BCUT2D eigenvalue weighted by molar-refractivity contribution is -0.118. The minimum atomic E-state index is -0.758. The Morgan fingerprint density at radius 1 is 1.03 bits per heavy atom. The molecule has 0 saturated heterocycles. The van der Waals surface area contributed by atoms with Crippen molar-refractivity contribution in [2.45, 2.75) is 27.3 Å². The van der Waals surface area contributed by atoms with Crippen LogP contribution in [-0.4, -0.2) is 27.2 Å². The van der Waals surface area contributed by atoms with Crippen LogP contribution in [0.3, 0.4) is 0 Å². The maximum absolute atomic E-state index is 13.3. The first-order valence-corrected chi connectivity index (χ1v) is 12.4. The van der Waals surface area contributed by atoms with Crippen molar-refractivity contribution in [1.82, 2.24) is 9.55 Å². The van der Waals surface area contributed by atoms with E-state index in [4.69, 9.17) is 39.8 Å². The van der Waals surface area contributed by atoms with Crippen molar-refractivity contribution < 1.29 is 9.90 Å². The van der Waals surface area contributed by atoms with Crippen LogP contribution < -0.4 is 10.9 Å². The van der Waals surface area contributed by atoms with Crippen LogP contribution in [0.5, 0.6) is 0 Å². The topological polar surface area (TPSA) is 84.2 Å². The summed E-state index contributed by atoms with van der Waals surface area (Å²) in [5.41, 5.74) is 3.96. The summed E-state index contributed by atoms with van der Waals surface area (Å²) in [6, 6.07) is 14.7. The largest absolute Gasteiger partial charge is 0.387 e. The van der Waals surface area contributed by atoms with E-state index in [9.17, 15) is 14.7 Å². The van der Waals surface area contributed by atoms with Crippen molar-refractivity contribution in [2.24, 2.45) is 5.92 Å². The van der Waals surface area contributed by atoms with Gasteiger partial charge in [-0.2, -0.15) is 0 Å². The number of aliphatic hydroxyl groups is 1. The zero-order valence-electron chi connectivity index (χ0n) is 19.9. The summed E-state index contributed by atoms with van der Waals surface area (Å²) >= 11 is 18.9. The Morgan fingerprint density at radius 3 is 2.31 bits per heavy atom. The molecule has 2 N–H and O–H groups in total. The SMILES string of the molecule is Cc1cc(Cl)ccc1-c1nc2c(cc1-c1ccc(Cl)cc1)c(NC(=O)CO)c(Cl)c(=O)n2CC(C)C. The molecular weight excluding hydrogens is 521 g/mol. The quantitative estimate of drug-likeness (QED) is 0.287. The number of benzene rings is 2. The fourth-order valence-corrected chi connectivity index (χ4v) is 4.72. The zero-order chi connectivity index (χ0) is 26.1. The number of pyridine rings is 2. The number of nitrogens with zero attached hydrogens (tertiary/aromatic N) is 2. The second kappa shape index (κ2) is 10.6. The summed E-state index contributed by atoms with van der Waals surface area (Å²) in [6.07, 6.45) is 0. The molecule has 6 nitrogen and oxygen atoms in total. The van der Waals surface area contributed by atoms with Crippen molar-refractivity contribution in [3.05, 3.63) is 79.5 Å². The molecule has 0 bridgehead atoms. The van der Waals surface area contributed by atoms with E-state index in [1.807, 2.05) is 51.1 Å². The molecular formula is C27H24Cl3N3O3. The van der Waals surface area contributed by atoms with E-state index in [1.54, 1.807) is 18.2 Å². The van der Waals surface area contributed by atoms with Gasteiger partial charge in [-0.15, -0.1) is 0 Å². The van der Waals surface area contributed by atoms with Gasteiger partial charge in [0.05, 0.1) is 11.4 Å². The number of hydrogen-bond donors (Lipinski definition) is 2. The third-order valence-electron chi connectivity index (χ3n) is 5.73. The second-order valence-electron chi connectivity index (χ2n) is 8.93. The Balaban J connectivity index is 2.17. The number of hydrogen-bond acceptors (Lipinski definition) is 4. The Labute approximate surface area is 223 Å². The van der Waals surface area contributed by atoms with E-state index in [2.05, 4.69) is 5.32 Å². The molecule has 0 radical (unpaired) electrons. The van der Waals surface area contributed by atoms with Crippen LogP contribution in [0.1, 0.15) is 19.4 Å². The van der Waals surface area contributed by atoms with Gasteiger partial charge in [-0.1, -0.05) is 66.8 Å². The number of nitrogens with one attached hydrogen (secondary N) is 1. The number of anilines is 1. The highest BCUT2D eigenvalue weighted by molar-refractivity contribution is 6.35. The third kappa shape index (κ3) is 5.13. The van der Waals surface area contributed by atoms with Crippen LogP contribution in [-0.2, 0) is 11.3 Å². The Hall–Kier alpha value is -2.90. The highest BCUT2D eigenvalue weighted by Crippen LogP contribution is 2.39. The van der Waals surface area contributed by atoms with E-state index in [0.717, 1.165) is 22.3 Å². The smallest absolute Gasteiger partial charge is 0.273 e. The first-order chi connectivity index (χ1) is 17.1. The maximum Gasteiger partial charge on any atom is 0.273 e. The molecule has 0 saturated carbocycles. The van der Waals surface area contributed by atoms with E-state index in [0.29, 0.717) is 33.3 Å². The van der Waals surface area contributed by atoms with Gasteiger partial charge >= 0.3 is 0 Å². The molecule has 0 spiro atoms. The molecule has 0 aliphatic carbocycles. The molecule has 9 heteroatoms. The average Bonchev–Trinajstić information content (AvgIpc) is 2.84. The van der Waals surface area contributed by atoms with Gasteiger partial charge in [-0.3, -0.25) is 14.2 Å². The van der Waals surface area contributed by atoms with E-state index in [1.165, 1.54) is 4.57 Å². The van der Waals surface area contributed by atoms with Crippen LogP contribution in [0.4, 0.5) is 5.69 Å². The first-order valence-electron chi connectivity index (χ1n) is 11.3. The van der Waals surface area contributed by atoms with Gasteiger partial charge in [0.2, 0.25) is 5.91 Å². The van der Waals surface area contributed by atoms with E-state index < -0.39 is 18.1 Å². The summed E-state index contributed by atoms with van der Waals surface area (Å²) in [5.74, 6) is -0.566. The van der Waals surface area contributed by atoms with Gasteiger partial charge in [-0.25, -0.2) is 4.98 Å². The lowest BCUT2D eigenvalue weighted by atomic mass is 9.95. The highest BCUT2D eigenvalue weighted by Gasteiger charge is 2.22. The standard InChI is InChI=1S/C27H24Cl3N3O3/c1-14(2)12-33-26-21(25(23(30)27(33)36)31-22(35)13-34)11-20(16-4-6-17(28)7-5-16)24(32-26)19-9-8-18(29)10-15(19)3/h4-11,14,34H,12-13H2,1-3H3,(H,31,35). The van der Waals surface area contributed by atoms with Crippen molar-refractivity contribution in [3.8, 4) is 22.4 Å². The van der Waals surface area contributed by atoms with Crippen LogP contribution in [0.2, 0.25) is 15.1 Å². The highest BCUT2D eigenvalue weighted by atomic mass is 35.5. The summed E-state index contributed by atoms with van der Waals surface area (Å²) in [5, 5.41) is 13.4. The number of amides is 1. The number of carbonyl (C=O) groups excluding carboxylic acids is 1. The number of aromatic nitrogens is 2. The molecule has 2 heterocycles. The van der Waals surface area contributed by atoms with Gasteiger partial charge in [0.25, 0.3) is 5.56 Å². The van der Waals surface area contributed by atoms with Crippen molar-refractivity contribution in [3.63, 3.8) is 0 Å². The van der Waals surface area contributed by atoms with Crippen molar-refractivity contribution in [1.29, 1.82) is 0 Å². The summed E-state index contributed by atoms with van der Waals surface area (Å²) < 4.78 is 1.53. The Kier molecular flexibility index (Phi) is 7.71. The molecule has 0 unspecified atom stereocenters. The molecule has 2 aromatic carbocycles. The zero-order valence-corrected chi connectivity index (χ0v) is 22.2. The Bertz CT molecular complexity index is 1530. The minimum Gasteiger partial charge on any atom is -0.387 e. The van der Waals surface area contributed by atoms with Crippen LogP contribution in [0.25, 0.3) is 33.4 Å². The van der Waals surface area contributed by atoms with Gasteiger partial charge < -0.3 is 10.4 Å². The lowest BCUT2D eigenvalue weighted by Gasteiger charge is -2.20. The average molecular weight is 545 g/mol. The number of rotatable bonds is 6. The maximum atomic E-state index is 13.3. The van der Waals surface area contributed by atoms with Gasteiger partial charge in [0.1, 0.15) is 17.3 Å². The Morgan fingerprint density at radius 2 is 1.69 bits per heavy atom. The molecule has 186 valence electrons. The first kappa shape index (κ1) is 26.2. The number of halogens is 3. The number of carbonyl (C=O) groups is 1. The summed E-state index contributed by atoms with van der Waals surface area (Å²) in [6.45, 7) is 5.52. The van der Waals surface area contributed by atoms with Gasteiger partial charge in [0, 0.05) is 33.1 Å². The fraction of sp³-hybridized carbons (Fsp3) is 0.222. The molecule has 0 atom stereocenters. The van der Waals surface area contributed by atoms with Crippen LogP contribution in [0, 0.1) is 12.8 Å². The van der Waals surface area contributed by atoms with E-state index in [-0.39, 0.29) is 16.6 Å². The number of aryl methyl sites for hydroxylation is 1. The van der Waals surface area contributed by atoms with Crippen molar-refractivity contribution in [2.75, 3.05) is 11.9 Å². The number of fused-ring (bicyclic) bond motifs is 1. The van der Waals surface area contributed by atoms with Crippen LogP contribution in [0.15, 0.2) is 53.3 Å². The van der Waals surface area contributed by atoms with Crippen molar-refractivity contribution >= 4 is 57.4 Å². The molecule has 0 aliphatic rings. The molecule has 4 rings (SSSR count). The normalized spacial score (nSPS) is 11.3. The monoisotopic (exact) mass is 543 g/mol. The third-order valence-corrected chi connectivity index (χ3v) is 6.57. The molecule has 4 aromatic rings. The summed E-state index contributed by atoms with van der Waals surface area (Å²) in [7, 11) is 0. The lowest BCUT2D eigenvalue weighted by Crippen LogP contribution is -2.27. The van der Waals surface area contributed by atoms with Gasteiger partial charge in [0.15, 0.2) is 0 Å². The minimum absolute atomic E-state index is 0.109. The predicted octanol–water partition coefficient (Wildman–Crippen LogP) is 6.59. The molecule has 2 aromatic heterocycles. The molecule has 0 fully saturated rings. The van der Waals surface area contributed by atoms with E-state index >= 15 is 0 Å². The summed E-state index contributed by atoms with van der Waals surface area (Å²) in [4.78, 5) is 30.4. The predicted molar refractivity (Wildman–Crippen MR) is 147 cm³/mol. The molecule has 1 amide bonds. The second-order valence-corrected chi connectivity index (χ2v) is 10.2.